The number of benzene rings is 2. The maximum absolute atomic E-state index is 13.2. The third-order valence-electron chi connectivity index (χ3n) is 7.64. The van der Waals surface area contributed by atoms with Crippen molar-refractivity contribution in [2.45, 2.75) is 13.3 Å². The highest BCUT2D eigenvalue weighted by atomic mass is 16.5. The smallest absolute Gasteiger partial charge is 0.272 e. The summed E-state index contributed by atoms with van der Waals surface area (Å²) < 4.78 is 5.47. The van der Waals surface area contributed by atoms with Crippen LogP contribution < -0.4 is 25.3 Å². The largest absolute Gasteiger partial charge is 0.497 e. The number of carbonyl (C=O) groups is 2. The number of hydrogen-bond acceptors (Lipinski definition) is 7. The molecule has 39 heavy (non-hydrogen) atoms. The molecule has 2 amide bonds. The summed E-state index contributed by atoms with van der Waals surface area (Å²) in [4.78, 5) is 50.1. The van der Waals surface area contributed by atoms with Crippen molar-refractivity contribution in [2.75, 3.05) is 81.6 Å². The number of nitrogens with one attached hydrogen (secondary N) is 2. The molecule has 0 spiro atoms. The van der Waals surface area contributed by atoms with E-state index in [9.17, 15) is 14.4 Å². The number of piperazine rings is 2. The van der Waals surface area contributed by atoms with Gasteiger partial charge in [0.25, 0.3) is 5.91 Å². The molecule has 0 bridgehead atoms. The van der Waals surface area contributed by atoms with Crippen molar-refractivity contribution in [3.05, 3.63) is 58.4 Å². The molecule has 1 aromatic heterocycles. The number of ether oxygens (including phenoxy) is 1. The fraction of sp³-hybridized carbons (Fsp3) is 0.414. The zero-order valence-corrected chi connectivity index (χ0v) is 22.8. The normalized spacial score (nSPS) is 16.4. The second-order valence-corrected chi connectivity index (χ2v) is 10.1. The van der Waals surface area contributed by atoms with Crippen LogP contribution in [0.15, 0.2) is 47.3 Å². The number of likely N-dealkylation sites (N-methyl/N-ethyl adjacent to an activating group) is 1. The molecule has 2 aromatic carbocycles. The van der Waals surface area contributed by atoms with E-state index < -0.39 is 0 Å². The van der Waals surface area contributed by atoms with Crippen molar-refractivity contribution in [2.24, 2.45) is 0 Å². The molecule has 0 radical (unpaired) electrons. The Bertz CT molecular complexity index is 1400. The number of aromatic amines is 1. The molecule has 3 heterocycles. The summed E-state index contributed by atoms with van der Waals surface area (Å²) in [5.41, 5.74) is 3.14. The molecule has 206 valence electrons. The van der Waals surface area contributed by atoms with Crippen molar-refractivity contribution >= 4 is 39.8 Å². The molecule has 2 saturated heterocycles. The van der Waals surface area contributed by atoms with Crippen LogP contribution in [0.2, 0.25) is 0 Å². The van der Waals surface area contributed by atoms with Crippen LogP contribution in [0, 0.1) is 0 Å². The van der Waals surface area contributed by atoms with Crippen LogP contribution in [-0.4, -0.2) is 93.1 Å². The maximum Gasteiger partial charge on any atom is 0.272 e. The topological polar surface area (TPSA) is 101 Å². The standard InChI is InChI=1S/C29H36N6O4/c1-4-27(37)35-15-13-33(14-16-35)21-7-5-20(6-8-21)30-29(38)24-19-26(36)23-17-22(39-3)18-25(28(23)31-24)34-11-9-32(2)10-12-34/h5-8,17-19H,4,9-16H2,1-3H3,(H,30,38)(H,31,36). The molecule has 0 unspecified atom stereocenters. The van der Waals surface area contributed by atoms with Crippen LogP contribution in [0.1, 0.15) is 23.8 Å². The van der Waals surface area contributed by atoms with Crippen LogP contribution in [0.25, 0.3) is 10.9 Å². The molecule has 2 fully saturated rings. The van der Waals surface area contributed by atoms with E-state index in [0.717, 1.165) is 50.6 Å². The lowest BCUT2D eigenvalue weighted by molar-refractivity contribution is -0.131. The molecule has 0 saturated carbocycles. The Morgan fingerprint density at radius 1 is 0.923 bits per heavy atom. The molecule has 2 aliphatic heterocycles. The summed E-state index contributed by atoms with van der Waals surface area (Å²) in [5, 5.41) is 3.40. The average molecular weight is 533 g/mol. The first-order chi connectivity index (χ1) is 18.9. The Hall–Kier alpha value is -4.05. The van der Waals surface area contributed by atoms with Crippen molar-refractivity contribution in [3.8, 4) is 5.75 Å². The van der Waals surface area contributed by atoms with Gasteiger partial charge >= 0.3 is 0 Å². The van der Waals surface area contributed by atoms with E-state index in [1.165, 1.54) is 6.07 Å². The van der Waals surface area contributed by atoms with Gasteiger partial charge in [-0.1, -0.05) is 6.92 Å². The number of nitrogens with zero attached hydrogens (tertiary/aromatic N) is 4. The fourth-order valence-corrected chi connectivity index (χ4v) is 5.23. The van der Waals surface area contributed by atoms with E-state index in [-0.39, 0.29) is 22.9 Å². The zero-order valence-electron chi connectivity index (χ0n) is 22.8. The van der Waals surface area contributed by atoms with Gasteiger partial charge in [0, 0.05) is 82.3 Å². The summed E-state index contributed by atoms with van der Waals surface area (Å²) >= 11 is 0. The second-order valence-electron chi connectivity index (χ2n) is 10.1. The van der Waals surface area contributed by atoms with Crippen LogP contribution in [0.5, 0.6) is 5.75 Å². The van der Waals surface area contributed by atoms with Crippen LogP contribution in [-0.2, 0) is 4.79 Å². The van der Waals surface area contributed by atoms with E-state index in [4.69, 9.17) is 4.74 Å². The number of carbonyl (C=O) groups excluding carboxylic acids is 2. The van der Waals surface area contributed by atoms with Crippen molar-refractivity contribution in [3.63, 3.8) is 0 Å². The SMILES string of the molecule is CCC(=O)N1CCN(c2ccc(NC(=O)c3cc(=O)c4cc(OC)cc(N5CCN(C)CC5)c4[nH]3)cc2)CC1. The number of amides is 2. The summed E-state index contributed by atoms with van der Waals surface area (Å²) in [6.45, 7) is 8.30. The molecule has 2 aliphatic rings. The number of hydrogen-bond donors (Lipinski definition) is 2. The summed E-state index contributed by atoms with van der Waals surface area (Å²) in [5.74, 6) is 0.417. The molecule has 5 rings (SSSR count). The van der Waals surface area contributed by atoms with Gasteiger partial charge in [0.2, 0.25) is 5.91 Å². The van der Waals surface area contributed by atoms with Gasteiger partial charge in [0.05, 0.1) is 23.7 Å². The van der Waals surface area contributed by atoms with Gasteiger partial charge in [-0.05, 0) is 37.4 Å². The summed E-state index contributed by atoms with van der Waals surface area (Å²) in [6, 6.07) is 12.6. The maximum atomic E-state index is 13.2. The van der Waals surface area contributed by atoms with E-state index >= 15 is 0 Å². The Balaban J connectivity index is 1.34. The minimum Gasteiger partial charge on any atom is -0.497 e. The highest BCUT2D eigenvalue weighted by molar-refractivity contribution is 6.05. The molecular formula is C29H36N6O4. The minimum atomic E-state index is -0.381. The first-order valence-electron chi connectivity index (χ1n) is 13.5. The van der Waals surface area contributed by atoms with Crippen molar-refractivity contribution < 1.29 is 14.3 Å². The molecule has 2 N–H and O–H groups in total. The first kappa shape index (κ1) is 26.6. The van der Waals surface area contributed by atoms with Gasteiger partial charge in [0.15, 0.2) is 5.43 Å². The van der Waals surface area contributed by atoms with Gasteiger partial charge in [-0.2, -0.15) is 0 Å². The van der Waals surface area contributed by atoms with E-state index in [0.29, 0.717) is 41.9 Å². The minimum absolute atomic E-state index is 0.189. The quantitative estimate of drug-likeness (QED) is 0.503. The number of fused-ring (bicyclic) bond motifs is 1. The summed E-state index contributed by atoms with van der Waals surface area (Å²) in [7, 11) is 3.68. The third-order valence-corrected chi connectivity index (χ3v) is 7.64. The Kier molecular flexibility index (Phi) is 7.74. The Morgan fingerprint density at radius 3 is 2.23 bits per heavy atom. The molecule has 10 heteroatoms. The van der Waals surface area contributed by atoms with Crippen LogP contribution in [0.3, 0.4) is 0 Å². The lowest BCUT2D eigenvalue weighted by Crippen LogP contribution is -2.48. The van der Waals surface area contributed by atoms with E-state index in [1.807, 2.05) is 42.2 Å². The first-order valence-corrected chi connectivity index (χ1v) is 13.5. The van der Waals surface area contributed by atoms with Gasteiger partial charge in [-0.3, -0.25) is 14.4 Å². The number of methoxy groups -OCH3 is 1. The lowest BCUT2D eigenvalue weighted by Gasteiger charge is -2.36. The number of pyridine rings is 1. The zero-order chi connectivity index (χ0) is 27.5. The number of H-pyrrole nitrogens is 1. The van der Waals surface area contributed by atoms with E-state index in [2.05, 4.69) is 32.0 Å². The Morgan fingerprint density at radius 2 is 1.59 bits per heavy atom. The molecule has 3 aromatic rings. The highest BCUT2D eigenvalue weighted by Crippen LogP contribution is 2.30. The van der Waals surface area contributed by atoms with Crippen molar-refractivity contribution in [1.29, 1.82) is 0 Å². The third kappa shape index (κ3) is 5.70. The van der Waals surface area contributed by atoms with Gasteiger partial charge in [-0.15, -0.1) is 0 Å². The van der Waals surface area contributed by atoms with Crippen molar-refractivity contribution in [1.82, 2.24) is 14.8 Å². The molecule has 0 aliphatic carbocycles. The molecule has 0 atom stereocenters. The average Bonchev–Trinajstić information content (AvgIpc) is 2.97. The number of anilines is 3. The Labute approximate surface area is 228 Å². The van der Waals surface area contributed by atoms with Crippen LogP contribution in [0.4, 0.5) is 17.1 Å². The fourth-order valence-electron chi connectivity index (χ4n) is 5.23. The second kappa shape index (κ2) is 11.4. The predicted molar refractivity (Wildman–Crippen MR) is 154 cm³/mol. The van der Waals surface area contributed by atoms with Gasteiger partial charge in [-0.25, -0.2) is 0 Å². The predicted octanol–water partition coefficient (Wildman–Crippen LogP) is 2.60. The number of aromatic nitrogens is 1. The summed E-state index contributed by atoms with van der Waals surface area (Å²) in [6.07, 6.45) is 0.530. The highest BCUT2D eigenvalue weighted by Gasteiger charge is 2.22. The van der Waals surface area contributed by atoms with Gasteiger partial charge < -0.3 is 34.6 Å². The monoisotopic (exact) mass is 532 g/mol. The lowest BCUT2D eigenvalue weighted by atomic mass is 10.1. The van der Waals surface area contributed by atoms with Crippen LogP contribution >= 0.6 is 0 Å². The number of rotatable bonds is 6. The molecule has 10 nitrogen and oxygen atoms in total. The van der Waals surface area contributed by atoms with Gasteiger partial charge in [0.1, 0.15) is 11.4 Å². The molecular weight excluding hydrogens is 496 g/mol. The van der Waals surface area contributed by atoms with E-state index in [1.54, 1.807) is 13.2 Å².